The van der Waals surface area contributed by atoms with Gasteiger partial charge in [-0.25, -0.2) is 9.59 Å². The van der Waals surface area contributed by atoms with Crippen LogP contribution in [0.25, 0.3) is 0 Å². The minimum Gasteiger partial charge on any atom is -0.478 e. The van der Waals surface area contributed by atoms with Gasteiger partial charge >= 0.3 is 12.0 Å². The van der Waals surface area contributed by atoms with Crippen LogP contribution in [0, 0.1) is 6.92 Å². The molecular weight excluding hydrogens is 292 g/mol. The van der Waals surface area contributed by atoms with Gasteiger partial charge in [0.1, 0.15) is 17.1 Å². The SMILES string of the molecule is Cc1oc(CNC(=O)NC(C)c2ccsc2)cc1C(=O)O. The van der Waals surface area contributed by atoms with E-state index in [1.807, 2.05) is 23.8 Å². The average molecular weight is 308 g/mol. The Morgan fingerprint density at radius 1 is 1.48 bits per heavy atom. The minimum atomic E-state index is -1.04. The Morgan fingerprint density at radius 3 is 2.81 bits per heavy atom. The van der Waals surface area contributed by atoms with Crippen LogP contribution < -0.4 is 10.6 Å². The fraction of sp³-hybridized carbons (Fsp3) is 0.286. The summed E-state index contributed by atoms with van der Waals surface area (Å²) in [5, 5.41) is 18.3. The summed E-state index contributed by atoms with van der Waals surface area (Å²) in [7, 11) is 0. The van der Waals surface area contributed by atoms with Crippen molar-refractivity contribution in [2.45, 2.75) is 26.4 Å². The number of carboxylic acid groups (broad SMARTS) is 1. The van der Waals surface area contributed by atoms with E-state index in [0.717, 1.165) is 5.56 Å². The Morgan fingerprint density at radius 2 is 2.24 bits per heavy atom. The van der Waals surface area contributed by atoms with Gasteiger partial charge in [0.15, 0.2) is 0 Å². The largest absolute Gasteiger partial charge is 0.478 e. The summed E-state index contributed by atoms with van der Waals surface area (Å²) in [5.41, 5.74) is 1.15. The molecule has 112 valence electrons. The first-order valence-corrected chi connectivity index (χ1v) is 7.30. The molecule has 0 spiro atoms. The Kier molecular flexibility index (Phi) is 4.64. The zero-order valence-electron chi connectivity index (χ0n) is 11.7. The number of thiophene rings is 1. The number of carboxylic acids is 1. The van der Waals surface area contributed by atoms with Gasteiger partial charge in [-0.15, -0.1) is 0 Å². The number of nitrogens with one attached hydrogen (secondary N) is 2. The number of hydrogen-bond acceptors (Lipinski definition) is 4. The molecule has 1 atom stereocenters. The van der Waals surface area contributed by atoms with Crippen molar-refractivity contribution in [3.8, 4) is 0 Å². The molecule has 0 aliphatic heterocycles. The minimum absolute atomic E-state index is 0.0934. The van der Waals surface area contributed by atoms with Gasteiger partial charge in [-0.1, -0.05) is 0 Å². The van der Waals surface area contributed by atoms with Crippen LogP contribution in [0.1, 0.15) is 40.4 Å². The lowest BCUT2D eigenvalue weighted by Gasteiger charge is -2.12. The van der Waals surface area contributed by atoms with Gasteiger partial charge in [-0.05, 0) is 42.3 Å². The third-order valence-electron chi connectivity index (χ3n) is 3.01. The molecule has 0 saturated carbocycles. The van der Waals surface area contributed by atoms with Crippen LogP contribution in [0.4, 0.5) is 4.79 Å². The molecule has 2 amide bonds. The normalized spacial score (nSPS) is 11.9. The summed E-state index contributed by atoms with van der Waals surface area (Å²) in [6.45, 7) is 3.60. The van der Waals surface area contributed by atoms with E-state index in [4.69, 9.17) is 9.52 Å². The fourth-order valence-corrected chi connectivity index (χ4v) is 2.62. The lowest BCUT2D eigenvalue weighted by atomic mass is 10.2. The zero-order valence-corrected chi connectivity index (χ0v) is 12.5. The van der Waals surface area contributed by atoms with Crippen LogP contribution in [-0.4, -0.2) is 17.1 Å². The third kappa shape index (κ3) is 3.85. The number of amides is 2. The molecule has 0 radical (unpaired) electrons. The average Bonchev–Trinajstić information content (AvgIpc) is 3.05. The van der Waals surface area contributed by atoms with Gasteiger partial charge in [-0.3, -0.25) is 0 Å². The summed E-state index contributed by atoms with van der Waals surface area (Å²) < 4.78 is 5.28. The Bertz CT molecular complexity index is 633. The number of hydrogen-bond donors (Lipinski definition) is 3. The maximum Gasteiger partial charge on any atom is 0.339 e. The molecule has 21 heavy (non-hydrogen) atoms. The van der Waals surface area contributed by atoms with Crippen molar-refractivity contribution in [3.05, 3.63) is 45.5 Å². The molecule has 6 nitrogen and oxygen atoms in total. The third-order valence-corrected chi connectivity index (χ3v) is 3.71. The number of aromatic carboxylic acids is 1. The lowest BCUT2D eigenvalue weighted by Crippen LogP contribution is -2.36. The standard InChI is InChI=1S/C14H16N2O4S/c1-8(10-3-4-21-7-10)16-14(19)15-6-11-5-12(13(17)18)9(2)20-11/h3-5,7-8H,6H2,1-2H3,(H,17,18)(H2,15,16,19). The zero-order chi connectivity index (χ0) is 15.4. The first kappa shape index (κ1) is 15.1. The molecule has 3 N–H and O–H groups in total. The van der Waals surface area contributed by atoms with Gasteiger partial charge in [0.2, 0.25) is 0 Å². The number of urea groups is 1. The number of furan rings is 1. The van der Waals surface area contributed by atoms with Gasteiger partial charge in [0.25, 0.3) is 0 Å². The van der Waals surface area contributed by atoms with Crippen molar-refractivity contribution in [3.63, 3.8) is 0 Å². The molecule has 1 unspecified atom stereocenters. The molecule has 2 heterocycles. The van der Waals surface area contributed by atoms with Crippen LogP contribution >= 0.6 is 11.3 Å². The highest BCUT2D eigenvalue weighted by Crippen LogP contribution is 2.16. The van der Waals surface area contributed by atoms with E-state index in [1.165, 1.54) is 6.07 Å². The molecule has 0 bridgehead atoms. The molecule has 2 rings (SSSR count). The summed E-state index contributed by atoms with van der Waals surface area (Å²) in [4.78, 5) is 22.7. The molecule has 0 aliphatic carbocycles. The van der Waals surface area contributed by atoms with Crippen LogP contribution in [-0.2, 0) is 6.54 Å². The smallest absolute Gasteiger partial charge is 0.339 e. The van der Waals surface area contributed by atoms with Gasteiger partial charge in [0, 0.05) is 0 Å². The highest BCUT2D eigenvalue weighted by Gasteiger charge is 2.15. The molecule has 7 heteroatoms. The summed E-state index contributed by atoms with van der Waals surface area (Å²) in [6.07, 6.45) is 0. The topological polar surface area (TPSA) is 91.6 Å². The second-order valence-electron chi connectivity index (χ2n) is 4.59. The van der Waals surface area contributed by atoms with E-state index >= 15 is 0 Å². The monoisotopic (exact) mass is 308 g/mol. The predicted octanol–water partition coefficient (Wildman–Crippen LogP) is 2.91. The van der Waals surface area contributed by atoms with E-state index in [9.17, 15) is 9.59 Å². The maximum atomic E-state index is 11.8. The van der Waals surface area contributed by atoms with E-state index in [1.54, 1.807) is 18.3 Å². The van der Waals surface area contributed by atoms with Gasteiger partial charge in [0.05, 0.1) is 12.6 Å². The molecular formula is C14H16N2O4S. The van der Waals surface area contributed by atoms with Crippen LogP contribution in [0.2, 0.25) is 0 Å². The molecule has 0 aliphatic rings. The molecule has 2 aromatic rings. The highest BCUT2D eigenvalue weighted by molar-refractivity contribution is 7.07. The quantitative estimate of drug-likeness (QED) is 0.792. The summed E-state index contributed by atoms with van der Waals surface area (Å²) in [5.74, 6) is -0.312. The molecule has 2 aromatic heterocycles. The molecule has 0 saturated heterocycles. The summed E-state index contributed by atoms with van der Waals surface area (Å²) in [6, 6.07) is 2.94. The van der Waals surface area contributed by atoms with E-state index in [-0.39, 0.29) is 24.2 Å². The van der Waals surface area contributed by atoms with Gasteiger partial charge in [-0.2, -0.15) is 11.3 Å². The van der Waals surface area contributed by atoms with Crippen molar-refractivity contribution in [2.75, 3.05) is 0 Å². The second-order valence-corrected chi connectivity index (χ2v) is 5.37. The number of rotatable bonds is 5. The Balaban J connectivity index is 1.86. The predicted molar refractivity (Wildman–Crippen MR) is 78.5 cm³/mol. The molecule has 0 fully saturated rings. The maximum absolute atomic E-state index is 11.8. The highest BCUT2D eigenvalue weighted by atomic mass is 32.1. The van der Waals surface area contributed by atoms with Crippen LogP contribution in [0.15, 0.2) is 27.3 Å². The van der Waals surface area contributed by atoms with Gasteiger partial charge < -0.3 is 20.2 Å². The lowest BCUT2D eigenvalue weighted by molar-refractivity contribution is 0.0695. The number of aryl methyl sites for hydroxylation is 1. The van der Waals surface area contributed by atoms with Crippen molar-refractivity contribution >= 4 is 23.3 Å². The second kappa shape index (κ2) is 6.45. The van der Waals surface area contributed by atoms with Crippen LogP contribution in [0.3, 0.4) is 0 Å². The first-order chi connectivity index (χ1) is 9.97. The van der Waals surface area contributed by atoms with Crippen molar-refractivity contribution in [2.24, 2.45) is 0 Å². The van der Waals surface area contributed by atoms with Crippen molar-refractivity contribution < 1.29 is 19.1 Å². The number of carbonyl (C=O) groups is 2. The van der Waals surface area contributed by atoms with E-state index in [2.05, 4.69) is 10.6 Å². The Hall–Kier alpha value is -2.28. The molecule has 0 aromatic carbocycles. The van der Waals surface area contributed by atoms with E-state index < -0.39 is 5.97 Å². The summed E-state index contributed by atoms with van der Waals surface area (Å²) >= 11 is 1.57. The Labute approximate surface area is 125 Å². The van der Waals surface area contributed by atoms with Crippen LogP contribution in [0.5, 0.6) is 0 Å². The number of carbonyl (C=O) groups excluding carboxylic acids is 1. The fourth-order valence-electron chi connectivity index (χ4n) is 1.86. The van der Waals surface area contributed by atoms with Crippen molar-refractivity contribution in [1.29, 1.82) is 0 Å². The van der Waals surface area contributed by atoms with E-state index in [0.29, 0.717) is 11.5 Å². The van der Waals surface area contributed by atoms with Crippen molar-refractivity contribution in [1.82, 2.24) is 10.6 Å². The first-order valence-electron chi connectivity index (χ1n) is 6.36.